The molecule has 0 bridgehead atoms. The molecule has 0 aliphatic carbocycles. The summed E-state index contributed by atoms with van der Waals surface area (Å²) in [4.78, 5) is 22.4. The van der Waals surface area contributed by atoms with Gasteiger partial charge in [0.1, 0.15) is 5.25 Å². The highest BCUT2D eigenvalue weighted by molar-refractivity contribution is 7.92. The van der Waals surface area contributed by atoms with Gasteiger partial charge in [-0.05, 0) is 25.8 Å². The Morgan fingerprint density at radius 3 is 2.71 bits per heavy atom. The van der Waals surface area contributed by atoms with E-state index in [1.54, 1.807) is 18.5 Å². The van der Waals surface area contributed by atoms with Crippen molar-refractivity contribution < 1.29 is 13.2 Å². The van der Waals surface area contributed by atoms with Crippen LogP contribution in [0.1, 0.15) is 19.8 Å². The average Bonchev–Trinajstić information content (AvgIpc) is 2.46. The first-order valence-corrected chi connectivity index (χ1v) is 8.84. The zero-order chi connectivity index (χ0) is 15.5. The van der Waals surface area contributed by atoms with E-state index in [0.29, 0.717) is 12.5 Å². The molecule has 1 fully saturated rings. The van der Waals surface area contributed by atoms with E-state index in [0.717, 1.165) is 25.6 Å². The summed E-state index contributed by atoms with van der Waals surface area (Å²) in [7, 11) is -3.37. The van der Waals surface area contributed by atoms with Crippen molar-refractivity contribution in [2.24, 2.45) is 0 Å². The van der Waals surface area contributed by atoms with E-state index in [9.17, 15) is 13.2 Å². The Morgan fingerprint density at radius 1 is 1.43 bits per heavy atom. The molecule has 1 N–H and O–H groups in total. The van der Waals surface area contributed by atoms with Crippen LogP contribution in [0.5, 0.6) is 0 Å². The van der Waals surface area contributed by atoms with E-state index < -0.39 is 21.0 Å². The molecule has 1 aromatic heterocycles. The zero-order valence-corrected chi connectivity index (χ0v) is 13.0. The summed E-state index contributed by atoms with van der Waals surface area (Å²) >= 11 is 0. The third kappa shape index (κ3) is 4.13. The molecule has 1 amide bonds. The number of amides is 1. The first-order chi connectivity index (χ1) is 9.88. The topological polar surface area (TPSA) is 92.3 Å². The van der Waals surface area contributed by atoms with E-state index >= 15 is 0 Å². The minimum absolute atomic E-state index is 0.0840. The summed E-state index contributed by atoms with van der Waals surface area (Å²) in [6, 6.07) is 1.67. The van der Waals surface area contributed by atoms with Gasteiger partial charge in [0.05, 0.1) is 0 Å². The van der Waals surface area contributed by atoms with Gasteiger partial charge in [-0.15, -0.1) is 0 Å². The number of sulfone groups is 1. The van der Waals surface area contributed by atoms with Crippen LogP contribution in [-0.4, -0.2) is 54.9 Å². The van der Waals surface area contributed by atoms with Gasteiger partial charge in [0.15, 0.2) is 9.84 Å². The van der Waals surface area contributed by atoms with Gasteiger partial charge in [-0.25, -0.2) is 18.4 Å². The summed E-state index contributed by atoms with van der Waals surface area (Å²) in [6.07, 6.45) is 6.15. The molecule has 1 aromatic rings. The lowest BCUT2D eigenvalue weighted by Gasteiger charge is -2.33. The summed E-state index contributed by atoms with van der Waals surface area (Å²) in [5.74, 6) is 0.186. The largest absolute Gasteiger partial charge is 0.350 e. The molecule has 1 aliphatic heterocycles. The Balaban J connectivity index is 1.97. The highest BCUT2D eigenvalue weighted by Gasteiger charge is 2.28. The van der Waals surface area contributed by atoms with Crippen LogP contribution in [0.3, 0.4) is 0 Å². The van der Waals surface area contributed by atoms with Gasteiger partial charge in [0, 0.05) is 37.8 Å². The highest BCUT2D eigenvalue weighted by Crippen LogP contribution is 2.15. The Labute approximate surface area is 124 Å². The van der Waals surface area contributed by atoms with Crippen LogP contribution in [0.15, 0.2) is 18.5 Å². The maximum atomic E-state index is 12.0. The van der Waals surface area contributed by atoms with Gasteiger partial charge in [-0.2, -0.15) is 0 Å². The van der Waals surface area contributed by atoms with E-state index in [1.807, 2.05) is 4.90 Å². The number of anilines is 1. The molecule has 0 radical (unpaired) electrons. The molecular formula is C13H20N4O3S. The van der Waals surface area contributed by atoms with Crippen LogP contribution in [0.4, 0.5) is 5.95 Å². The Hall–Kier alpha value is -1.70. The van der Waals surface area contributed by atoms with Crippen molar-refractivity contribution in [2.75, 3.05) is 24.2 Å². The number of aromatic nitrogens is 2. The second-order valence-corrected chi connectivity index (χ2v) is 7.68. The number of piperidine rings is 1. The Bertz CT molecular complexity index is 591. The Morgan fingerprint density at radius 2 is 2.10 bits per heavy atom. The number of nitrogens with zero attached hydrogens (tertiary/aromatic N) is 3. The fourth-order valence-corrected chi connectivity index (χ4v) is 2.70. The van der Waals surface area contributed by atoms with Crippen molar-refractivity contribution in [2.45, 2.75) is 31.1 Å². The van der Waals surface area contributed by atoms with Crippen LogP contribution in [-0.2, 0) is 14.6 Å². The SMILES string of the molecule is CC(C(=O)NC1CCCN(c2ncccn2)C1)S(C)(=O)=O. The fourth-order valence-electron chi connectivity index (χ4n) is 2.24. The lowest BCUT2D eigenvalue weighted by Crippen LogP contribution is -2.51. The van der Waals surface area contributed by atoms with Gasteiger partial charge >= 0.3 is 0 Å². The smallest absolute Gasteiger partial charge is 0.238 e. The van der Waals surface area contributed by atoms with Gasteiger partial charge in [0.25, 0.3) is 0 Å². The molecule has 2 atom stereocenters. The maximum Gasteiger partial charge on any atom is 0.238 e. The Kier molecular flexibility index (Phi) is 4.76. The third-order valence-corrected chi connectivity index (χ3v) is 5.11. The number of rotatable bonds is 4. The first-order valence-electron chi connectivity index (χ1n) is 6.89. The van der Waals surface area contributed by atoms with Crippen molar-refractivity contribution in [1.82, 2.24) is 15.3 Å². The number of hydrogen-bond donors (Lipinski definition) is 1. The minimum Gasteiger partial charge on any atom is -0.350 e. The maximum absolute atomic E-state index is 12.0. The van der Waals surface area contributed by atoms with E-state index in [2.05, 4.69) is 15.3 Å². The van der Waals surface area contributed by atoms with Crippen molar-refractivity contribution >= 4 is 21.7 Å². The fraction of sp³-hybridized carbons (Fsp3) is 0.615. The quantitative estimate of drug-likeness (QED) is 0.841. The molecule has 2 rings (SSSR count). The summed E-state index contributed by atoms with van der Waals surface area (Å²) in [6.45, 7) is 2.83. The van der Waals surface area contributed by atoms with Crippen molar-refractivity contribution in [3.8, 4) is 0 Å². The minimum atomic E-state index is -3.37. The molecule has 21 heavy (non-hydrogen) atoms. The number of hydrogen-bond acceptors (Lipinski definition) is 6. The molecule has 116 valence electrons. The summed E-state index contributed by atoms with van der Waals surface area (Å²) in [5.41, 5.74) is 0. The molecule has 0 aromatic carbocycles. The normalized spacial score (nSPS) is 20.9. The van der Waals surface area contributed by atoms with E-state index in [1.165, 1.54) is 6.92 Å². The molecule has 1 saturated heterocycles. The molecule has 2 unspecified atom stereocenters. The molecule has 8 heteroatoms. The standard InChI is InChI=1S/C13H20N4O3S/c1-10(21(2,19)20)12(18)16-11-5-3-8-17(9-11)13-14-6-4-7-15-13/h4,6-7,10-11H,3,5,8-9H2,1-2H3,(H,16,18). The highest BCUT2D eigenvalue weighted by atomic mass is 32.2. The summed E-state index contributed by atoms with van der Waals surface area (Å²) < 4.78 is 22.8. The number of carbonyl (C=O) groups excluding carboxylic acids is 1. The van der Waals surface area contributed by atoms with Crippen LogP contribution in [0.2, 0.25) is 0 Å². The third-order valence-electron chi connectivity index (χ3n) is 3.61. The number of carbonyl (C=O) groups is 1. The lowest BCUT2D eigenvalue weighted by atomic mass is 10.1. The van der Waals surface area contributed by atoms with Crippen molar-refractivity contribution in [3.05, 3.63) is 18.5 Å². The predicted molar refractivity (Wildman–Crippen MR) is 79.7 cm³/mol. The molecule has 1 aliphatic rings. The molecule has 2 heterocycles. The molecule has 0 spiro atoms. The molecule has 0 saturated carbocycles. The van der Waals surface area contributed by atoms with Crippen LogP contribution >= 0.6 is 0 Å². The number of nitrogens with one attached hydrogen (secondary N) is 1. The van der Waals surface area contributed by atoms with Crippen molar-refractivity contribution in [3.63, 3.8) is 0 Å². The monoisotopic (exact) mass is 312 g/mol. The van der Waals surface area contributed by atoms with E-state index in [-0.39, 0.29) is 6.04 Å². The van der Waals surface area contributed by atoms with Crippen molar-refractivity contribution in [1.29, 1.82) is 0 Å². The van der Waals surface area contributed by atoms with Crippen LogP contribution in [0, 0.1) is 0 Å². The second-order valence-electron chi connectivity index (χ2n) is 5.31. The molecular weight excluding hydrogens is 292 g/mol. The van der Waals surface area contributed by atoms with Gasteiger partial charge in [-0.3, -0.25) is 4.79 Å². The van der Waals surface area contributed by atoms with Gasteiger partial charge in [0.2, 0.25) is 11.9 Å². The predicted octanol–water partition coefficient (Wildman–Crippen LogP) is -0.00530. The molecule has 7 nitrogen and oxygen atoms in total. The summed E-state index contributed by atoms with van der Waals surface area (Å²) in [5, 5.41) is 1.78. The lowest BCUT2D eigenvalue weighted by molar-refractivity contribution is -0.121. The van der Waals surface area contributed by atoms with Gasteiger partial charge in [-0.1, -0.05) is 0 Å². The van der Waals surface area contributed by atoms with Crippen LogP contribution < -0.4 is 10.2 Å². The van der Waals surface area contributed by atoms with Crippen LogP contribution in [0.25, 0.3) is 0 Å². The first kappa shape index (κ1) is 15.7. The zero-order valence-electron chi connectivity index (χ0n) is 12.2. The van der Waals surface area contributed by atoms with E-state index in [4.69, 9.17) is 0 Å². The second kappa shape index (κ2) is 6.38. The average molecular weight is 312 g/mol. The van der Waals surface area contributed by atoms with Gasteiger partial charge < -0.3 is 10.2 Å².